The van der Waals surface area contributed by atoms with Crippen molar-refractivity contribution in [2.24, 2.45) is 0 Å². The van der Waals surface area contributed by atoms with E-state index in [0.29, 0.717) is 12.5 Å². The lowest BCUT2D eigenvalue weighted by Gasteiger charge is -2.23. The van der Waals surface area contributed by atoms with Crippen molar-refractivity contribution in [3.63, 3.8) is 0 Å². The molecule has 0 saturated carbocycles. The largest absolute Gasteiger partial charge is 0.474 e. The van der Waals surface area contributed by atoms with Gasteiger partial charge in [0.05, 0.1) is 11.1 Å². The van der Waals surface area contributed by atoms with Crippen molar-refractivity contribution < 1.29 is 9.47 Å². The summed E-state index contributed by atoms with van der Waals surface area (Å²) in [5.74, 6) is 0.617. The third-order valence-electron chi connectivity index (χ3n) is 2.14. The summed E-state index contributed by atoms with van der Waals surface area (Å²) >= 11 is 3.38. The summed E-state index contributed by atoms with van der Waals surface area (Å²) in [7, 11) is 0. The second-order valence-electron chi connectivity index (χ2n) is 3.30. The molecule has 0 amide bonds. The first-order valence-corrected chi connectivity index (χ1v) is 5.71. The lowest BCUT2D eigenvalue weighted by molar-refractivity contribution is -0.000909. The first-order valence-electron chi connectivity index (χ1n) is 4.92. The van der Waals surface area contributed by atoms with Crippen LogP contribution in [-0.4, -0.2) is 37.4 Å². The van der Waals surface area contributed by atoms with Crippen LogP contribution >= 0.6 is 15.9 Å². The van der Waals surface area contributed by atoms with E-state index in [4.69, 9.17) is 9.47 Å². The van der Waals surface area contributed by atoms with Crippen LogP contribution in [0.5, 0.6) is 5.88 Å². The van der Waals surface area contributed by atoms with Gasteiger partial charge in [-0.15, -0.1) is 0 Å². The zero-order valence-corrected chi connectivity index (χ0v) is 9.87. The zero-order chi connectivity index (χ0) is 10.5. The molecule has 15 heavy (non-hydrogen) atoms. The molecule has 1 unspecified atom stereocenters. The van der Waals surface area contributed by atoms with Crippen molar-refractivity contribution in [3.8, 4) is 5.88 Å². The number of nitrogens with zero attached hydrogens (tertiary/aromatic N) is 1. The Morgan fingerprint density at radius 2 is 2.60 bits per heavy atom. The minimum absolute atomic E-state index is 0.118. The third kappa shape index (κ3) is 3.15. The lowest BCUT2D eigenvalue weighted by Crippen LogP contribution is -2.41. The fourth-order valence-electron chi connectivity index (χ4n) is 1.38. The average molecular weight is 273 g/mol. The maximum Gasteiger partial charge on any atom is 0.228 e. The second-order valence-corrected chi connectivity index (χ2v) is 4.15. The van der Waals surface area contributed by atoms with Gasteiger partial charge in [-0.3, -0.25) is 0 Å². The van der Waals surface area contributed by atoms with Crippen LogP contribution in [-0.2, 0) is 4.74 Å². The Bertz CT molecular complexity index is 316. The SMILES string of the molecule is Brc1cccnc1OCC1CNCCO1. The summed E-state index contributed by atoms with van der Waals surface area (Å²) in [5, 5.41) is 3.25. The predicted molar refractivity (Wildman–Crippen MR) is 60.0 cm³/mol. The molecule has 5 heteroatoms. The Morgan fingerprint density at radius 1 is 1.67 bits per heavy atom. The van der Waals surface area contributed by atoms with Gasteiger partial charge < -0.3 is 14.8 Å². The monoisotopic (exact) mass is 272 g/mol. The topological polar surface area (TPSA) is 43.4 Å². The summed E-state index contributed by atoms with van der Waals surface area (Å²) in [6.07, 6.45) is 1.83. The summed E-state index contributed by atoms with van der Waals surface area (Å²) in [4.78, 5) is 4.12. The van der Waals surface area contributed by atoms with Crippen LogP contribution in [0.4, 0.5) is 0 Å². The van der Waals surface area contributed by atoms with E-state index in [1.165, 1.54) is 0 Å². The number of pyridine rings is 1. The predicted octanol–water partition coefficient (Wildman–Crippen LogP) is 1.21. The first-order chi connectivity index (χ1) is 7.36. The number of morpholine rings is 1. The number of halogens is 1. The smallest absolute Gasteiger partial charge is 0.228 e. The van der Waals surface area contributed by atoms with E-state index in [0.717, 1.165) is 24.2 Å². The number of rotatable bonds is 3. The molecule has 2 rings (SSSR count). The minimum Gasteiger partial charge on any atom is -0.474 e. The number of ether oxygens (including phenoxy) is 2. The molecule has 0 spiro atoms. The van der Waals surface area contributed by atoms with E-state index in [9.17, 15) is 0 Å². The number of aromatic nitrogens is 1. The van der Waals surface area contributed by atoms with Crippen molar-refractivity contribution in [3.05, 3.63) is 22.8 Å². The van der Waals surface area contributed by atoms with Gasteiger partial charge in [-0.25, -0.2) is 4.98 Å². The molecule has 1 fully saturated rings. The maximum atomic E-state index is 5.55. The van der Waals surface area contributed by atoms with Gasteiger partial charge in [0, 0.05) is 19.3 Å². The molecule has 0 bridgehead atoms. The molecule has 1 aromatic rings. The fourth-order valence-corrected chi connectivity index (χ4v) is 1.75. The number of nitrogens with one attached hydrogen (secondary N) is 1. The highest BCUT2D eigenvalue weighted by Gasteiger charge is 2.14. The van der Waals surface area contributed by atoms with Crippen molar-refractivity contribution in [1.82, 2.24) is 10.3 Å². The molecule has 0 radical (unpaired) electrons. The quantitative estimate of drug-likeness (QED) is 0.899. The Balaban J connectivity index is 1.84. The molecule has 0 aromatic carbocycles. The summed E-state index contributed by atoms with van der Waals surface area (Å²) < 4.78 is 11.9. The van der Waals surface area contributed by atoms with Crippen LogP contribution in [0.15, 0.2) is 22.8 Å². The van der Waals surface area contributed by atoms with E-state index < -0.39 is 0 Å². The third-order valence-corrected chi connectivity index (χ3v) is 2.74. The molecule has 1 N–H and O–H groups in total. The number of hydrogen-bond acceptors (Lipinski definition) is 4. The van der Waals surface area contributed by atoms with Gasteiger partial charge in [0.2, 0.25) is 5.88 Å². The molecule has 1 aliphatic rings. The number of hydrogen-bond donors (Lipinski definition) is 1. The molecule has 2 heterocycles. The fraction of sp³-hybridized carbons (Fsp3) is 0.500. The Morgan fingerprint density at radius 3 is 3.33 bits per heavy atom. The average Bonchev–Trinajstić information content (AvgIpc) is 2.29. The van der Waals surface area contributed by atoms with Crippen LogP contribution in [0.2, 0.25) is 0 Å². The van der Waals surface area contributed by atoms with Crippen LogP contribution in [0.1, 0.15) is 0 Å². The minimum atomic E-state index is 0.118. The van der Waals surface area contributed by atoms with Gasteiger partial charge >= 0.3 is 0 Å². The molecule has 4 nitrogen and oxygen atoms in total. The molecule has 1 aliphatic heterocycles. The van der Waals surface area contributed by atoms with Gasteiger partial charge in [-0.05, 0) is 28.1 Å². The second kappa shape index (κ2) is 5.44. The van der Waals surface area contributed by atoms with Gasteiger partial charge in [-0.1, -0.05) is 0 Å². The van der Waals surface area contributed by atoms with Crippen LogP contribution in [0.3, 0.4) is 0 Å². The Hall–Kier alpha value is -0.650. The van der Waals surface area contributed by atoms with Gasteiger partial charge in [0.25, 0.3) is 0 Å². The van der Waals surface area contributed by atoms with Crippen molar-refractivity contribution in [2.75, 3.05) is 26.3 Å². The normalized spacial score (nSPS) is 21.3. The van der Waals surface area contributed by atoms with Crippen LogP contribution < -0.4 is 10.1 Å². The molecule has 1 saturated heterocycles. The van der Waals surface area contributed by atoms with E-state index in [-0.39, 0.29) is 6.10 Å². The lowest BCUT2D eigenvalue weighted by atomic mass is 10.3. The van der Waals surface area contributed by atoms with E-state index >= 15 is 0 Å². The Labute approximate surface area is 97.1 Å². The van der Waals surface area contributed by atoms with E-state index in [2.05, 4.69) is 26.2 Å². The van der Waals surface area contributed by atoms with E-state index in [1.807, 2.05) is 12.1 Å². The summed E-state index contributed by atoms with van der Waals surface area (Å²) in [5.41, 5.74) is 0. The Kier molecular flexibility index (Phi) is 3.94. The van der Waals surface area contributed by atoms with Crippen LogP contribution in [0.25, 0.3) is 0 Å². The zero-order valence-electron chi connectivity index (χ0n) is 8.28. The molecular formula is C10H13BrN2O2. The highest BCUT2D eigenvalue weighted by molar-refractivity contribution is 9.10. The van der Waals surface area contributed by atoms with Gasteiger partial charge in [-0.2, -0.15) is 0 Å². The highest BCUT2D eigenvalue weighted by Crippen LogP contribution is 2.20. The molecule has 82 valence electrons. The van der Waals surface area contributed by atoms with E-state index in [1.54, 1.807) is 6.20 Å². The molecule has 1 atom stereocenters. The standard InChI is InChI=1S/C10H13BrN2O2/c11-9-2-1-3-13-10(9)15-7-8-6-12-4-5-14-8/h1-3,8,12H,4-7H2. The molecule has 0 aliphatic carbocycles. The van der Waals surface area contributed by atoms with Crippen LogP contribution in [0, 0.1) is 0 Å². The first kappa shape index (κ1) is 10.9. The van der Waals surface area contributed by atoms with Crippen molar-refractivity contribution in [2.45, 2.75) is 6.10 Å². The summed E-state index contributed by atoms with van der Waals surface area (Å²) in [6.45, 7) is 3.04. The summed E-state index contributed by atoms with van der Waals surface area (Å²) in [6, 6.07) is 3.76. The maximum absolute atomic E-state index is 5.55. The van der Waals surface area contributed by atoms with Gasteiger partial charge in [0.15, 0.2) is 0 Å². The van der Waals surface area contributed by atoms with Crippen molar-refractivity contribution >= 4 is 15.9 Å². The molecular weight excluding hydrogens is 260 g/mol. The highest BCUT2D eigenvalue weighted by atomic mass is 79.9. The molecule has 1 aromatic heterocycles. The van der Waals surface area contributed by atoms with Gasteiger partial charge in [0.1, 0.15) is 12.7 Å². The van der Waals surface area contributed by atoms with Crippen molar-refractivity contribution in [1.29, 1.82) is 0 Å².